The van der Waals surface area contributed by atoms with Gasteiger partial charge in [0, 0.05) is 39.5 Å². The average molecular weight is 720 g/mol. The standard InChI is InChI=1S/C36H50ClN3O10/c1-19(2)32(42)39(7)22(5)33(43)49-28-17-29(41)40(8)24-15-23(16-25(46-9)30(24)37)14-20(3)12-11-13-27(47-10)36(45)18-26(48-34(44)38-36)21(4)31-35(28,6)50-31/h11-13,15-16,19,21-22,26-28,31,45H,14,17-18H2,1-10H3,(H,38,44)/b13-11+,20-12-/t21-,22-,26-,27+,28+,31?,35-,36-/m0/s1. The van der Waals surface area contributed by atoms with Crippen molar-refractivity contribution in [3.05, 3.63) is 46.5 Å². The van der Waals surface area contributed by atoms with Gasteiger partial charge in [0.1, 0.15) is 40.7 Å². The number of nitrogens with zero attached hydrogens (tertiary/aromatic N) is 2. The molecule has 8 atom stereocenters. The van der Waals surface area contributed by atoms with E-state index in [-0.39, 0.29) is 29.7 Å². The lowest BCUT2D eigenvalue weighted by atomic mass is 9.83. The van der Waals surface area contributed by atoms with Crippen molar-refractivity contribution in [2.45, 2.75) is 103 Å². The molecule has 0 aliphatic carbocycles. The lowest BCUT2D eigenvalue weighted by Gasteiger charge is -2.42. The topological polar surface area (TPSA) is 156 Å². The van der Waals surface area contributed by atoms with Crippen molar-refractivity contribution >= 4 is 41.2 Å². The Morgan fingerprint density at radius 2 is 1.88 bits per heavy atom. The van der Waals surface area contributed by atoms with Gasteiger partial charge >= 0.3 is 12.1 Å². The van der Waals surface area contributed by atoms with Crippen LogP contribution in [-0.4, -0.2) is 104 Å². The number of hydrogen-bond acceptors (Lipinski definition) is 10. The third-order valence-corrected chi connectivity index (χ3v) is 10.4. The second-order valence-corrected chi connectivity index (χ2v) is 14.4. The van der Waals surface area contributed by atoms with Gasteiger partial charge in [-0.3, -0.25) is 14.9 Å². The lowest BCUT2D eigenvalue weighted by Crippen LogP contribution is -2.63. The molecule has 3 amide bonds. The quantitative estimate of drug-likeness (QED) is 0.323. The zero-order valence-corrected chi connectivity index (χ0v) is 31.2. The van der Waals surface area contributed by atoms with Gasteiger partial charge in [0.25, 0.3) is 0 Å². The Morgan fingerprint density at radius 1 is 1.20 bits per heavy atom. The molecule has 2 fully saturated rings. The van der Waals surface area contributed by atoms with Crippen molar-refractivity contribution in [1.29, 1.82) is 0 Å². The molecule has 1 aromatic rings. The number of amides is 3. The summed E-state index contributed by atoms with van der Waals surface area (Å²) in [7, 11) is 6.02. The van der Waals surface area contributed by atoms with Gasteiger partial charge in [-0.25, -0.2) is 9.59 Å². The van der Waals surface area contributed by atoms with Crippen LogP contribution in [0.3, 0.4) is 0 Å². The smallest absolute Gasteiger partial charge is 0.409 e. The molecule has 3 aliphatic heterocycles. The van der Waals surface area contributed by atoms with E-state index in [4.69, 9.17) is 35.3 Å². The number of carbonyl (C=O) groups excluding carboxylic acids is 4. The van der Waals surface area contributed by atoms with Crippen LogP contribution in [0.2, 0.25) is 5.02 Å². The number of nitrogens with one attached hydrogen (secondary N) is 1. The van der Waals surface area contributed by atoms with Crippen LogP contribution in [-0.2, 0) is 39.8 Å². The summed E-state index contributed by atoms with van der Waals surface area (Å²) in [6, 6.07) is 2.63. The minimum Gasteiger partial charge on any atom is -0.495 e. The predicted molar refractivity (Wildman–Crippen MR) is 186 cm³/mol. The molecular formula is C36H50ClN3O10. The van der Waals surface area contributed by atoms with Gasteiger partial charge in [0.2, 0.25) is 11.8 Å². The zero-order valence-electron chi connectivity index (χ0n) is 30.4. The molecule has 1 unspecified atom stereocenters. The number of fused-ring (bicyclic) bond motifs is 5. The fraction of sp³-hybridized carbons (Fsp3) is 0.611. The van der Waals surface area contributed by atoms with E-state index in [2.05, 4.69) is 5.32 Å². The summed E-state index contributed by atoms with van der Waals surface area (Å²) in [5.74, 6) is -1.88. The van der Waals surface area contributed by atoms with Crippen molar-refractivity contribution in [3.63, 3.8) is 0 Å². The Balaban J connectivity index is 1.78. The number of rotatable bonds is 6. The first-order valence-electron chi connectivity index (χ1n) is 16.7. The minimum atomic E-state index is -1.82. The Morgan fingerprint density at radius 3 is 2.50 bits per heavy atom. The van der Waals surface area contributed by atoms with Crippen LogP contribution in [0.25, 0.3) is 0 Å². The van der Waals surface area contributed by atoms with Crippen LogP contribution >= 0.6 is 11.6 Å². The van der Waals surface area contributed by atoms with E-state index in [1.165, 1.54) is 31.1 Å². The Kier molecular flexibility index (Phi) is 12.0. The van der Waals surface area contributed by atoms with Crippen molar-refractivity contribution in [2.24, 2.45) is 11.8 Å². The van der Waals surface area contributed by atoms with Crippen LogP contribution in [0.1, 0.15) is 59.9 Å². The number of halogens is 1. The predicted octanol–water partition coefficient (Wildman–Crippen LogP) is 4.17. The van der Waals surface area contributed by atoms with Gasteiger partial charge in [-0.05, 0) is 44.9 Å². The number of hydrogen-bond donors (Lipinski definition) is 2. The molecule has 3 aliphatic rings. The van der Waals surface area contributed by atoms with Gasteiger partial charge in [0.05, 0.1) is 25.3 Å². The van der Waals surface area contributed by atoms with Gasteiger partial charge in [-0.15, -0.1) is 0 Å². The van der Waals surface area contributed by atoms with Crippen LogP contribution in [0.15, 0.2) is 35.9 Å². The highest BCUT2D eigenvalue weighted by Gasteiger charge is 2.64. The van der Waals surface area contributed by atoms with E-state index in [0.717, 1.165) is 11.1 Å². The SMILES string of the molecule is COc1cc2cc(c1Cl)N(C)C(=O)C[C@@H](OC(=O)[C@H](C)N(C)C(=O)C(C)C)[C@]1(C)OC1[C@@H](C)[C@@H]1C[C@@](O)(NC(=O)O1)[C@H](OC)/C=C/C=C(/C)C2. The Labute approximate surface area is 298 Å². The Hall–Kier alpha value is -3.65. The number of carbonyl (C=O) groups is 4. The number of likely N-dealkylation sites (N-methyl/N-ethyl adjacent to an activating group) is 1. The number of aliphatic hydroxyl groups is 1. The van der Waals surface area contributed by atoms with E-state index in [9.17, 15) is 24.3 Å². The highest BCUT2D eigenvalue weighted by Crippen LogP contribution is 2.49. The van der Waals surface area contributed by atoms with Crippen molar-refractivity contribution in [2.75, 3.05) is 33.2 Å². The maximum absolute atomic E-state index is 14.1. The summed E-state index contributed by atoms with van der Waals surface area (Å²) in [5.41, 5.74) is -0.881. The summed E-state index contributed by atoms with van der Waals surface area (Å²) < 4.78 is 29.1. The van der Waals surface area contributed by atoms with Crippen molar-refractivity contribution in [1.82, 2.24) is 10.2 Å². The number of allylic oxidation sites excluding steroid dienone is 3. The largest absolute Gasteiger partial charge is 0.495 e. The molecule has 276 valence electrons. The first-order chi connectivity index (χ1) is 23.4. The number of benzene rings is 1. The minimum absolute atomic E-state index is 0.0449. The molecule has 14 heteroatoms. The van der Waals surface area contributed by atoms with Crippen LogP contribution in [0.5, 0.6) is 5.75 Å². The molecule has 1 aromatic carbocycles. The summed E-state index contributed by atoms with van der Waals surface area (Å²) in [6.07, 6.45) is 1.00. The van der Waals surface area contributed by atoms with Crippen LogP contribution < -0.4 is 15.0 Å². The third-order valence-electron chi connectivity index (χ3n) is 9.97. The molecule has 0 saturated carbocycles. The molecule has 0 aromatic heterocycles. The van der Waals surface area contributed by atoms with Gasteiger partial charge in [-0.1, -0.05) is 56.2 Å². The fourth-order valence-electron chi connectivity index (χ4n) is 6.60. The summed E-state index contributed by atoms with van der Waals surface area (Å²) in [4.78, 5) is 55.8. The Bertz CT molecular complexity index is 1550. The number of esters is 1. The summed E-state index contributed by atoms with van der Waals surface area (Å²) in [6.45, 7) is 10.5. The number of epoxide rings is 1. The molecule has 3 heterocycles. The zero-order chi connectivity index (χ0) is 37.3. The van der Waals surface area contributed by atoms with E-state index < -0.39 is 65.7 Å². The number of methoxy groups -OCH3 is 2. The monoisotopic (exact) mass is 719 g/mol. The second kappa shape index (κ2) is 15.3. The molecule has 4 bridgehead atoms. The summed E-state index contributed by atoms with van der Waals surface area (Å²) in [5, 5.41) is 14.4. The molecule has 2 N–H and O–H groups in total. The molecule has 0 radical (unpaired) electrons. The molecule has 0 spiro atoms. The fourth-order valence-corrected chi connectivity index (χ4v) is 6.91. The number of anilines is 1. The van der Waals surface area contributed by atoms with Crippen molar-refractivity contribution in [3.8, 4) is 5.75 Å². The van der Waals surface area contributed by atoms with Gasteiger partial charge in [0.15, 0.2) is 5.72 Å². The maximum atomic E-state index is 14.1. The van der Waals surface area contributed by atoms with E-state index in [1.807, 2.05) is 13.0 Å². The molecule has 4 rings (SSSR count). The lowest BCUT2D eigenvalue weighted by molar-refractivity contribution is -0.162. The first-order valence-corrected chi connectivity index (χ1v) is 17.1. The number of ether oxygens (including phenoxy) is 5. The number of alkyl carbamates (subject to hydrolysis) is 1. The first kappa shape index (κ1) is 39.1. The average Bonchev–Trinajstić information content (AvgIpc) is 3.76. The van der Waals surface area contributed by atoms with E-state index in [1.54, 1.807) is 66.0 Å². The highest BCUT2D eigenvalue weighted by atomic mass is 35.5. The van der Waals surface area contributed by atoms with E-state index in [0.29, 0.717) is 17.9 Å². The summed E-state index contributed by atoms with van der Waals surface area (Å²) >= 11 is 6.74. The maximum Gasteiger partial charge on any atom is 0.409 e. The van der Waals surface area contributed by atoms with Gasteiger partial charge in [-0.2, -0.15) is 0 Å². The van der Waals surface area contributed by atoms with Crippen LogP contribution in [0, 0.1) is 11.8 Å². The highest BCUT2D eigenvalue weighted by molar-refractivity contribution is 6.35. The third kappa shape index (κ3) is 8.11. The normalized spacial score (nSPS) is 32.5. The van der Waals surface area contributed by atoms with Gasteiger partial charge < -0.3 is 38.6 Å². The van der Waals surface area contributed by atoms with E-state index >= 15 is 0 Å². The van der Waals surface area contributed by atoms with Crippen LogP contribution in [0.4, 0.5) is 10.5 Å². The van der Waals surface area contributed by atoms with Crippen molar-refractivity contribution < 1.29 is 48.0 Å². The second-order valence-electron chi connectivity index (χ2n) is 14.0. The molecule has 2 saturated heterocycles. The molecule has 50 heavy (non-hydrogen) atoms. The molecule has 13 nitrogen and oxygen atoms in total. The molecular weight excluding hydrogens is 670 g/mol.